The molecule has 2 N–H and O–H groups in total. The highest BCUT2D eigenvalue weighted by atomic mass is 32.1. The van der Waals surface area contributed by atoms with E-state index in [1.165, 1.54) is 11.3 Å². The molecule has 7 heteroatoms. The fourth-order valence-electron chi connectivity index (χ4n) is 3.72. The molecule has 0 saturated carbocycles. The predicted octanol–water partition coefficient (Wildman–Crippen LogP) is 5.96. The molecule has 0 aliphatic heterocycles. The molecule has 4 aromatic rings. The summed E-state index contributed by atoms with van der Waals surface area (Å²) in [6, 6.07) is 24.6. The minimum Gasteiger partial charge on any atom is -0.340 e. The molecule has 1 aromatic heterocycles. The Labute approximate surface area is 209 Å². The van der Waals surface area contributed by atoms with Crippen molar-refractivity contribution in [3.8, 4) is 21.7 Å². The summed E-state index contributed by atoms with van der Waals surface area (Å²) in [6.07, 6.45) is 0.732. The minimum absolute atomic E-state index is 0.0632. The normalized spacial score (nSPS) is 12.5. The number of nitrogens with zero attached hydrogens (tertiary/aromatic N) is 2. The van der Waals surface area contributed by atoms with Crippen LogP contribution in [0.3, 0.4) is 0 Å². The second-order valence-electron chi connectivity index (χ2n) is 8.55. The molecule has 3 aromatic carbocycles. The molecular formula is C28H28N4O2S. The van der Waals surface area contributed by atoms with Gasteiger partial charge >= 0.3 is 0 Å². The summed E-state index contributed by atoms with van der Waals surface area (Å²) in [7, 11) is 0. The van der Waals surface area contributed by atoms with E-state index in [0.29, 0.717) is 10.7 Å². The SMILES string of the molecule is CCC(C)C(NC(=O)c1ccc(-c2ccccc2)cc1)C(=O)Nc1nnc(-c2cccc(C)c2)s1. The monoisotopic (exact) mass is 484 g/mol. The van der Waals surface area contributed by atoms with E-state index in [1.54, 1.807) is 12.1 Å². The van der Waals surface area contributed by atoms with E-state index in [2.05, 4.69) is 20.8 Å². The molecule has 35 heavy (non-hydrogen) atoms. The molecule has 0 aliphatic carbocycles. The lowest BCUT2D eigenvalue weighted by atomic mass is 9.97. The molecule has 0 aliphatic rings. The molecule has 6 nitrogen and oxygen atoms in total. The number of anilines is 1. The highest BCUT2D eigenvalue weighted by Gasteiger charge is 2.27. The number of carbonyl (C=O) groups excluding carboxylic acids is 2. The number of aromatic nitrogens is 2. The van der Waals surface area contributed by atoms with Gasteiger partial charge in [0.2, 0.25) is 11.0 Å². The van der Waals surface area contributed by atoms with E-state index >= 15 is 0 Å². The molecule has 2 amide bonds. The summed E-state index contributed by atoms with van der Waals surface area (Å²) >= 11 is 1.31. The average molecular weight is 485 g/mol. The van der Waals surface area contributed by atoms with Crippen molar-refractivity contribution in [1.82, 2.24) is 15.5 Å². The van der Waals surface area contributed by atoms with Crippen LogP contribution >= 0.6 is 11.3 Å². The van der Waals surface area contributed by atoms with Crippen LogP contribution in [0.5, 0.6) is 0 Å². The lowest BCUT2D eigenvalue weighted by Gasteiger charge is -2.23. The summed E-state index contributed by atoms with van der Waals surface area (Å²) in [4.78, 5) is 26.1. The average Bonchev–Trinajstić information content (AvgIpc) is 3.35. The second-order valence-corrected chi connectivity index (χ2v) is 9.53. The van der Waals surface area contributed by atoms with Crippen molar-refractivity contribution >= 4 is 28.3 Å². The van der Waals surface area contributed by atoms with Crippen LogP contribution < -0.4 is 10.6 Å². The van der Waals surface area contributed by atoms with Crippen LogP contribution in [0.2, 0.25) is 0 Å². The summed E-state index contributed by atoms with van der Waals surface area (Å²) in [5.74, 6) is -0.657. The number of carbonyl (C=O) groups is 2. The van der Waals surface area contributed by atoms with Gasteiger partial charge in [-0.3, -0.25) is 14.9 Å². The molecule has 1 heterocycles. The first-order valence-electron chi connectivity index (χ1n) is 11.6. The standard InChI is InChI=1S/C28H28N4O2S/c1-4-19(3)24(26(34)30-28-32-31-27(35-28)23-12-8-9-18(2)17-23)29-25(33)22-15-13-21(14-16-22)20-10-6-5-7-11-20/h5-17,19,24H,4H2,1-3H3,(H,29,33)(H,30,32,34). The van der Waals surface area contributed by atoms with E-state index in [-0.39, 0.29) is 17.7 Å². The Hall–Kier alpha value is -3.84. The topological polar surface area (TPSA) is 84.0 Å². The smallest absolute Gasteiger partial charge is 0.251 e. The highest BCUT2D eigenvalue weighted by Crippen LogP contribution is 2.27. The van der Waals surface area contributed by atoms with Gasteiger partial charge in [0.15, 0.2) is 0 Å². The van der Waals surface area contributed by atoms with Crippen molar-refractivity contribution in [1.29, 1.82) is 0 Å². The minimum atomic E-state index is -0.701. The Morgan fingerprint density at radius 2 is 1.57 bits per heavy atom. The van der Waals surface area contributed by atoms with E-state index in [0.717, 1.165) is 33.7 Å². The first-order chi connectivity index (χ1) is 16.9. The number of benzene rings is 3. The summed E-state index contributed by atoms with van der Waals surface area (Å²) < 4.78 is 0. The first kappa shape index (κ1) is 24.3. The van der Waals surface area contributed by atoms with Crippen LogP contribution in [0.25, 0.3) is 21.7 Å². The number of nitrogens with one attached hydrogen (secondary N) is 2. The maximum atomic E-state index is 13.1. The third-order valence-electron chi connectivity index (χ3n) is 5.96. The Balaban J connectivity index is 1.45. The van der Waals surface area contributed by atoms with Gasteiger partial charge in [0, 0.05) is 11.1 Å². The number of amides is 2. The van der Waals surface area contributed by atoms with Gasteiger partial charge in [-0.25, -0.2) is 0 Å². The van der Waals surface area contributed by atoms with Crippen molar-refractivity contribution < 1.29 is 9.59 Å². The zero-order valence-corrected chi connectivity index (χ0v) is 20.8. The quantitative estimate of drug-likeness (QED) is 0.323. The third kappa shape index (κ3) is 6.00. The van der Waals surface area contributed by atoms with Gasteiger partial charge in [-0.1, -0.05) is 97.8 Å². The van der Waals surface area contributed by atoms with Gasteiger partial charge in [0.1, 0.15) is 11.0 Å². The Kier molecular flexibility index (Phi) is 7.67. The van der Waals surface area contributed by atoms with Crippen molar-refractivity contribution in [2.24, 2.45) is 5.92 Å². The number of hydrogen-bond donors (Lipinski definition) is 2. The van der Waals surface area contributed by atoms with Gasteiger partial charge in [-0.15, -0.1) is 10.2 Å². The zero-order chi connectivity index (χ0) is 24.8. The first-order valence-corrected chi connectivity index (χ1v) is 12.4. The van der Waals surface area contributed by atoms with E-state index in [4.69, 9.17) is 0 Å². The van der Waals surface area contributed by atoms with Crippen LogP contribution in [0.1, 0.15) is 36.2 Å². The number of rotatable bonds is 8. The van der Waals surface area contributed by atoms with E-state index in [1.807, 2.05) is 87.5 Å². The van der Waals surface area contributed by atoms with E-state index in [9.17, 15) is 9.59 Å². The molecule has 4 rings (SSSR count). The largest absolute Gasteiger partial charge is 0.340 e. The molecule has 0 bridgehead atoms. The van der Waals surface area contributed by atoms with Crippen LogP contribution in [-0.2, 0) is 4.79 Å². The maximum Gasteiger partial charge on any atom is 0.251 e. The fraction of sp³-hybridized carbons (Fsp3) is 0.214. The number of aryl methyl sites for hydroxylation is 1. The molecule has 2 unspecified atom stereocenters. The van der Waals surface area contributed by atoms with Crippen molar-refractivity contribution in [3.05, 3.63) is 90.0 Å². The van der Waals surface area contributed by atoms with E-state index < -0.39 is 6.04 Å². The van der Waals surface area contributed by atoms with Crippen LogP contribution in [0, 0.1) is 12.8 Å². The number of hydrogen-bond acceptors (Lipinski definition) is 5. The molecule has 2 atom stereocenters. The van der Waals surface area contributed by atoms with Crippen molar-refractivity contribution in [2.45, 2.75) is 33.2 Å². The Morgan fingerprint density at radius 1 is 0.886 bits per heavy atom. The second kappa shape index (κ2) is 11.1. The van der Waals surface area contributed by atoms with Crippen LogP contribution in [0.15, 0.2) is 78.9 Å². The van der Waals surface area contributed by atoms with Gasteiger partial charge in [0.05, 0.1) is 0 Å². The molecule has 0 radical (unpaired) electrons. The molecule has 0 fully saturated rings. The molecular weight excluding hydrogens is 456 g/mol. The summed E-state index contributed by atoms with van der Waals surface area (Å²) in [5.41, 5.74) is 4.69. The predicted molar refractivity (Wildman–Crippen MR) is 141 cm³/mol. The summed E-state index contributed by atoms with van der Waals surface area (Å²) in [5, 5.41) is 15.2. The zero-order valence-electron chi connectivity index (χ0n) is 20.0. The summed E-state index contributed by atoms with van der Waals surface area (Å²) in [6.45, 7) is 5.95. The van der Waals surface area contributed by atoms with Crippen LogP contribution in [-0.4, -0.2) is 28.1 Å². The Bertz CT molecular complexity index is 1300. The van der Waals surface area contributed by atoms with Crippen LogP contribution in [0.4, 0.5) is 5.13 Å². The van der Waals surface area contributed by atoms with Gasteiger partial charge < -0.3 is 5.32 Å². The van der Waals surface area contributed by atoms with Crippen molar-refractivity contribution in [2.75, 3.05) is 5.32 Å². The van der Waals surface area contributed by atoms with Crippen molar-refractivity contribution in [3.63, 3.8) is 0 Å². The maximum absolute atomic E-state index is 13.1. The Morgan fingerprint density at radius 3 is 2.26 bits per heavy atom. The molecule has 178 valence electrons. The lowest BCUT2D eigenvalue weighted by molar-refractivity contribution is -0.119. The third-order valence-corrected chi connectivity index (χ3v) is 6.84. The molecule has 0 spiro atoms. The fourth-order valence-corrected chi connectivity index (χ4v) is 4.47. The lowest BCUT2D eigenvalue weighted by Crippen LogP contribution is -2.47. The van der Waals surface area contributed by atoms with Gasteiger partial charge in [-0.2, -0.15) is 0 Å². The highest BCUT2D eigenvalue weighted by molar-refractivity contribution is 7.18. The van der Waals surface area contributed by atoms with Gasteiger partial charge in [0.25, 0.3) is 5.91 Å². The van der Waals surface area contributed by atoms with Gasteiger partial charge in [-0.05, 0) is 42.2 Å². The molecule has 0 saturated heterocycles.